The number of hydrogen-bond acceptors (Lipinski definition) is 4. The Morgan fingerprint density at radius 3 is 2.70 bits per heavy atom. The zero-order chi connectivity index (χ0) is 19.8. The fourth-order valence-corrected chi connectivity index (χ4v) is 2.26. The third kappa shape index (κ3) is 5.54. The smallest absolute Gasteiger partial charge is 0.276 e. The van der Waals surface area contributed by atoms with Gasteiger partial charge in [-0.1, -0.05) is 24.1 Å². The summed E-state index contributed by atoms with van der Waals surface area (Å²) in [6, 6.07) is 12.9. The van der Waals surface area contributed by atoms with Crippen molar-refractivity contribution in [3.05, 3.63) is 75.8 Å². The van der Waals surface area contributed by atoms with Crippen molar-refractivity contribution in [2.24, 2.45) is 0 Å². The first-order chi connectivity index (χ1) is 12.9. The van der Waals surface area contributed by atoms with E-state index in [1.165, 1.54) is 36.2 Å². The highest BCUT2D eigenvalue weighted by Gasteiger charge is 2.13. The lowest BCUT2D eigenvalue weighted by atomic mass is 10.1. The summed E-state index contributed by atoms with van der Waals surface area (Å²) in [6.07, 6.45) is 7.86. The van der Waals surface area contributed by atoms with Crippen molar-refractivity contribution in [2.75, 3.05) is 18.9 Å². The number of nitrogens with one attached hydrogen (secondary N) is 1. The molecule has 0 radical (unpaired) electrons. The van der Waals surface area contributed by atoms with E-state index in [2.05, 4.69) is 11.2 Å². The van der Waals surface area contributed by atoms with Gasteiger partial charge in [0.15, 0.2) is 0 Å². The molecule has 1 N–H and O–H groups in total. The lowest BCUT2D eigenvalue weighted by molar-refractivity contribution is -0.385. The Balaban J connectivity index is 1.98. The van der Waals surface area contributed by atoms with Gasteiger partial charge in [-0.2, -0.15) is 0 Å². The van der Waals surface area contributed by atoms with E-state index in [9.17, 15) is 19.7 Å². The molecule has 2 aromatic carbocycles. The molecular weight excluding hydrogens is 346 g/mol. The van der Waals surface area contributed by atoms with Crippen molar-refractivity contribution in [3.8, 4) is 12.3 Å². The van der Waals surface area contributed by atoms with Gasteiger partial charge in [0.2, 0.25) is 11.8 Å². The summed E-state index contributed by atoms with van der Waals surface area (Å²) in [6.45, 7) is -0.180. The van der Waals surface area contributed by atoms with E-state index in [4.69, 9.17) is 6.42 Å². The van der Waals surface area contributed by atoms with Crippen LogP contribution in [0.3, 0.4) is 0 Å². The maximum atomic E-state index is 12.1. The molecule has 0 aromatic heterocycles. The van der Waals surface area contributed by atoms with Crippen molar-refractivity contribution in [1.82, 2.24) is 4.90 Å². The second kappa shape index (κ2) is 8.97. The van der Waals surface area contributed by atoms with Gasteiger partial charge in [0.25, 0.3) is 5.69 Å². The quantitative estimate of drug-likeness (QED) is 0.370. The Hall–Kier alpha value is -3.92. The highest BCUT2D eigenvalue weighted by Crippen LogP contribution is 2.19. The number of benzene rings is 2. The molecule has 0 bridgehead atoms. The van der Waals surface area contributed by atoms with Crippen LogP contribution in [-0.2, 0) is 9.59 Å². The molecule has 0 aliphatic rings. The Labute approximate surface area is 156 Å². The first-order valence-electron chi connectivity index (χ1n) is 7.94. The summed E-state index contributed by atoms with van der Waals surface area (Å²) in [4.78, 5) is 35.9. The molecule has 0 saturated carbocycles. The summed E-state index contributed by atoms with van der Waals surface area (Å²) in [5, 5.41) is 13.6. The Bertz CT molecular complexity index is 944. The number of para-hydroxylation sites is 1. The second-order valence-electron chi connectivity index (χ2n) is 5.62. The first-order valence-corrected chi connectivity index (χ1v) is 7.94. The van der Waals surface area contributed by atoms with Crippen molar-refractivity contribution < 1.29 is 14.5 Å². The minimum atomic E-state index is -0.522. The molecule has 0 saturated heterocycles. The third-order valence-corrected chi connectivity index (χ3v) is 3.61. The summed E-state index contributed by atoms with van der Waals surface area (Å²) < 4.78 is 0. The van der Waals surface area contributed by atoms with Gasteiger partial charge in [-0.05, 0) is 30.3 Å². The van der Waals surface area contributed by atoms with Gasteiger partial charge < -0.3 is 10.2 Å². The Morgan fingerprint density at radius 2 is 2.00 bits per heavy atom. The minimum Gasteiger partial charge on any atom is -0.333 e. The fraction of sp³-hybridized carbons (Fsp3) is 0.100. The van der Waals surface area contributed by atoms with Crippen LogP contribution in [0.4, 0.5) is 11.4 Å². The summed E-state index contributed by atoms with van der Waals surface area (Å²) in [7, 11) is 1.46. The molecule has 136 valence electrons. The second-order valence-corrected chi connectivity index (χ2v) is 5.62. The minimum absolute atomic E-state index is 0.102. The predicted octanol–water partition coefficient (Wildman–Crippen LogP) is 2.69. The van der Waals surface area contributed by atoms with Gasteiger partial charge >= 0.3 is 0 Å². The molecule has 0 aliphatic carbocycles. The largest absolute Gasteiger partial charge is 0.333 e. The normalized spacial score (nSPS) is 10.2. The fourth-order valence-electron chi connectivity index (χ4n) is 2.26. The van der Waals surface area contributed by atoms with Gasteiger partial charge in [-0.15, -0.1) is 6.42 Å². The van der Waals surface area contributed by atoms with Crippen LogP contribution in [0.2, 0.25) is 0 Å². The van der Waals surface area contributed by atoms with Crippen LogP contribution in [-0.4, -0.2) is 35.2 Å². The number of likely N-dealkylation sites (N-methyl/N-ethyl adjacent to an activating group) is 1. The molecular formula is C20H17N3O4. The maximum Gasteiger partial charge on any atom is 0.276 e. The van der Waals surface area contributed by atoms with Crippen LogP contribution in [0.1, 0.15) is 11.1 Å². The van der Waals surface area contributed by atoms with E-state index in [0.29, 0.717) is 16.8 Å². The molecule has 27 heavy (non-hydrogen) atoms. The zero-order valence-corrected chi connectivity index (χ0v) is 14.6. The molecule has 0 heterocycles. The predicted molar refractivity (Wildman–Crippen MR) is 103 cm³/mol. The highest BCUT2D eigenvalue weighted by atomic mass is 16.6. The molecule has 0 atom stereocenters. The standard InChI is InChI=1S/C20H17N3O4/c1-3-15-7-6-9-17(13-15)21-19(24)14-22(2)20(25)12-11-16-8-4-5-10-18(16)23(26)27/h1,4-13H,14H2,2H3,(H,21,24)/b12-11-. The summed E-state index contributed by atoms with van der Waals surface area (Å²) in [5.74, 6) is 1.62. The molecule has 2 rings (SSSR count). The average Bonchev–Trinajstić information content (AvgIpc) is 2.66. The van der Waals surface area contributed by atoms with Crippen molar-refractivity contribution in [1.29, 1.82) is 0 Å². The van der Waals surface area contributed by atoms with Gasteiger partial charge in [-0.3, -0.25) is 19.7 Å². The summed E-state index contributed by atoms with van der Waals surface area (Å²) in [5.41, 5.74) is 1.37. The van der Waals surface area contributed by atoms with E-state index in [-0.39, 0.29) is 18.1 Å². The molecule has 2 aromatic rings. The van der Waals surface area contributed by atoms with Crippen LogP contribution in [0.5, 0.6) is 0 Å². The zero-order valence-electron chi connectivity index (χ0n) is 14.6. The molecule has 0 unspecified atom stereocenters. The highest BCUT2D eigenvalue weighted by molar-refractivity contribution is 5.98. The number of anilines is 1. The van der Waals surface area contributed by atoms with Gasteiger partial charge in [-0.25, -0.2) is 0 Å². The van der Waals surface area contributed by atoms with Crippen molar-refractivity contribution >= 4 is 29.3 Å². The van der Waals surface area contributed by atoms with Crippen molar-refractivity contribution in [2.45, 2.75) is 0 Å². The number of rotatable bonds is 6. The molecule has 0 aliphatic heterocycles. The number of nitro groups is 1. The van der Waals surface area contributed by atoms with Crippen LogP contribution < -0.4 is 5.32 Å². The topological polar surface area (TPSA) is 92.6 Å². The number of terminal acetylenes is 1. The van der Waals surface area contributed by atoms with Crippen LogP contribution in [0, 0.1) is 22.5 Å². The van der Waals surface area contributed by atoms with E-state index in [1.54, 1.807) is 36.4 Å². The number of carbonyl (C=O) groups excluding carboxylic acids is 2. The summed E-state index contributed by atoms with van der Waals surface area (Å²) >= 11 is 0. The van der Waals surface area contributed by atoms with Crippen molar-refractivity contribution in [3.63, 3.8) is 0 Å². The Kier molecular flexibility index (Phi) is 6.44. The molecule has 7 heteroatoms. The van der Waals surface area contributed by atoms with Gasteiger partial charge in [0, 0.05) is 30.4 Å². The number of carbonyl (C=O) groups is 2. The number of hydrogen-bond donors (Lipinski definition) is 1. The van der Waals surface area contributed by atoms with Crippen LogP contribution in [0.15, 0.2) is 54.6 Å². The number of nitrogens with zero attached hydrogens (tertiary/aromatic N) is 2. The van der Waals surface area contributed by atoms with E-state index >= 15 is 0 Å². The van der Waals surface area contributed by atoms with Gasteiger partial charge in [0.05, 0.1) is 17.0 Å². The lowest BCUT2D eigenvalue weighted by Crippen LogP contribution is -2.33. The first kappa shape index (κ1) is 19.4. The van der Waals surface area contributed by atoms with E-state index < -0.39 is 10.8 Å². The molecule has 7 nitrogen and oxygen atoms in total. The molecule has 0 fully saturated rings. The molecule has 2 amide bonds. The monoisotopic (exact) mass is 363 g/mol. The van der Waals surface area contributed by atoms with Gasteiger partial charge in [0.1, 0.15) is 0 Å². The third-order valence-electron chi connectivity index (χ3n) is 3.61. The van der Waals surface area contributed by atoms with Crippen LogP contribution in [0.25, 0.3) is 6.08 Å². The molecule has 0 spiro atoms. The SMILES string of the molecule is C#Cc1cccc(NC(=O)CN(C)C(=O)/C=C\c2ccccc2[N+](=O)[O-])c1. The van der Waals surface area contributed by atoms with Crippen LogP contribution >= 0.6 is 0 Å². The van der Waals surface area contributed by atoms with E-state index in [0.717, 1.165) is 0 Å². The number of nitro benzene ring substituents is 1. The number of amides is 2. The Morgan fingerprint density at radius 1 is 1.26 bits per heavy atom. The average molecular weight is 363 g/mol. The van der Waals surface area contributed by atoms with E-state index in [1.807, 2.05) is 0 Å². The lowest BCUT2D eigenvalue weighted by Gasteiger charge is -2.15. The maximum absolute atomic E-state index is 12.1.